The van der Waals surface area contributed by atoms with Gasteiger partial charge in [0.1, 0.15) is 0 Å². The molecule has 0 bridgehead atoms. The Kier molecular flexibility index (Phi) is 7.54. The molecule has 0 aromatic rings. The van der Waals surface area contributed by atoms with Gasteiger partial charge in [0.05, 0.1) is 12.6 Å². The molecule has 0 saturated heterocycles. The first-order valence-corrected chi connectivity index (χ1v) is 6.22. The standard InChI is InChI=1S/C12H26N4O2/c1-8(2)11(13)12(18)15-7-10(17)14-6-9(3)16(4)5/h8-9,11H,6-7,13H2,1-5H3,(H,14,17)(H,15,18)/t9?,11-/m0/s1. The second kappa shape index (κ2) is 8.05. The summed E-state index contributed by atoms with van der Waals surface area (Å²) in [6.45, 7) is 6.26. The number of hydrogen-bond acceptors (Lipinski definition) is 4. The third-order valence-corrected chi connectivity index (χ3v) is 2.92. The van der Waals surface area contributed by atoms with Crippen molar-refractivity contribution in [2.45, 2.75) is 32.9 Å². The summed E-state index contributed by atoms with van der Waals surface area (Å²) in [6.07, 6.45) is 0. The number of nitrogens with one attached hydrogen (secondary N) is 2. The van der Waals surface area contributed by atoms with Crippen LogP contribution in [0.1, 0.15) is 20.8 Å². The molecule has 6 nitrogen and oxygen atoms in total. The maximum absolute atomic E-state index is 11.5. The lowest BCUT2D eigenvalue weighted by molar-refractivity contribution is -0.127. The van der Waals surface area contributed by atoms with Gasteiger partial charge in [-0.2, -0.15) is 0 Å². The van der Waals surface area contributed by atoms with Gasteiger partial charge in [-0.1, -0.05) is 13.8 Å². The Labute approximate surface area is 109 Å². The topological polar surface area (TPSA) is 87.5 Å². The largest absolute Gasteiger partial charge is 0.353 e. The molecule has 0 spiro atoms. The summed E-state index contributed by atoms with van der Waals surface area (Å²) in [6, 6.07) is -0.318. The quantitative estimate of drug-likeness (QED) is 0.555. The van der Waals surface area contributed by atoms with Crippen LogP contribution in [0.25, 0.3) is 0 Å². The third-order valence-electron chi connectivity index (χ3n) is 2.92. The zero-order valence-electron chi connectivity index (χ0n) is 12.0. The van der Waals surface area contributed by atoms with E-state index in [4.69, 9.17) is 5.73 Å². The van der Waals surface area contributed by atoms with Gasteiger partial charge < -0.3 is 21.3 Å². The number of carbonyl (C=O) groups excluding carboxylic acids is 2. The normalized spacial score (nSPS) is 14.4. The Morgan fingerprint density at radius 3 is 2.17 bits per heavy atom. The van der Waals surface area contributed by atoms with Crippen molar-refractivity contribution in [1.29, 1.82) is 0 Å². The Bertz CT molecular complexity index is 279. The first-order chi connectivity index (χ1) is 8.25. The van der Waals surface area contributed by atoms with E-state index in [1.54, 1.807) is 0 Å². The van der Waals surface area contributed by atoms with Gasteiger partial charge in [-0.15, -0.1) is 0 Å². The fourth-order valence-electron chi connectivity index (χ4n) is 1.09. The van der Waals surface area contributed by atoms with Crippen LogP contribution in [0, 0.1) is 5.92 Å². The average Bonchev–Trinajstić information content (AvgIpc) is 2.31. The predicted octanol–water partition coefficient (Wildman–Crippen LogP) is -0.848. The molecule has 4 N–H and O–H groups in total. The lowest BCUT2D eigenvalue weighted by atomic mass is 10.1. The molecule has 6 heteroatoms. The van der Waals surface area contributed by atoms with Crippen LogP contribution in [0.5, 0.6) is 0 Å². The lowest BCUT2D eigenvalue weighted by Crippen LogP contribution is -2.48. The fraction of sp³-hybridized carbons (Fsp3) is 0.833. The van der Waals surface area contributed by atoms with Crippen LogP contribution >= 0.6 is 0 Å². The zero-order valence-corrected chi connectivity index (χ0v) is 12.0. The number of carbonyl (C=O) groups is 2. The molecule has 0 radical (unpaired) electrons. The number of likely N-dealkylation sites (N-methyl/N-ethyl adjacent to an activating group) is 1. The number of hydrogen-bond donors (Lipinski definition) is 3. The second-order valence-electron chi connectivity index (χ2n) is 5.10. The van der Waals surface area contributed by atoms with Crippen LogP contribution in [-0.4, -0.2) is 56.0 Å². The van der Waals surface area contributed by atoms with Crippen molar-refractivity contribution < 1.29 is 9.59 Å². The van der Waals surface area contributed by atoms with Gasteiger partial charge in [0.15, 0.2) is 0 Å². The monoisotopic (exact) mass is 258 g/mol. The van der Waals surface area contributed by atoms with Crippen LogP contribution in [0.2, 0.25) is 0 Å². The van der Waals surface area contributed by atoms with E-state index in [0.717, 1.165) is 0 Å². The molecule has 0 heterocycles. The SMILES string of the molecule is CC(C)[C@H](N)C(=O)NCC(=O)NCC(C)N(C)C. The van der Waals surface area contributed by atoms with Crippen LogP contribution in [0.15, 0.2) is 0 Å². The third kappa shape index (κ3) is 6.56. The Morgan fingerprint density at radius 2 is 1.72 bits per heavy atom. The van der Waals surface area contributed by atoms with E-state index in [1.165, 1.54) is 0 Å². The Morgan fingerprint density at radius 1 is 1.17 bits per heavy atom. The summed E-state index contributed by atoms with van der Waals surface area (Å²) >= 11 is 0. The molecule has 18 heavy (non-hydrogen) atoms. The van der Waals surface area contributed by atoms with Crippen LogP contribution in [-0.2, 0) is 9.59 Å². The second-order valence-corrected chi connectivity index (χ2v) is 5.10. The van der Waals surface area contributed by atoms with Gasteiger partial charge in [-0.3, -0.25) is 9.59 Å². The van der Waals surface area contributed by atoms with Gasteiger partial charge in [-0.25, -0.2) is 0 Å². The number of nitrogens with two attached hydrogens (primary N) is 1. The molecule has 0 aromatic heterocycles. The van der Waals surface area contributed by atoms with E-state index in [-0.39, 0.29) is 30.3 Å². The smallest absolute Gasteiger partial charge is 0.239 e. The lowest BCUT2D eigenvalue weighted by Gasteiger charge is -2.20. The van der Waals surface area contributed by atoms with Gasteiger partial charge in [0.2, 0.25) is 11.8 Å². The van der Waals surface area contributed by atoms with E-state index in [2.05, 4.69) is 10.6 Å². The van der Waals surface area contributed by atoms with E-state index >= 15 is 0 Å². The van der Waals surface area contributed by atoms with Crippen molar-refractivity contribution >= 4 is 11.8 Å². The molecule has 0 aliphatic heterocycles. The molecular weight excluding hydrogens is 232 g/mol. The van der Waals surface area contributed by atoms with E-state index in [9.17, 15) is 9.59 Å². The minimum atomic E-state index is -0.571. The molecule has 2 atom stereocenters. The molecule has 0 saturated carbocycles. The predicted molar refractivity (Wildman–Crippen MR) is 72.0 cm³/mol. The van der Waals surface area contributed by atoms with Crippen molar-refractivity contribution in [3.05, 3.63) is 0 Å². The summed E-state index contributed by atoms with van der Waals surface area (Å²) in [7, 11) is 3.89. The molecule has 0 fully saturated rings. The number of rotatable bonds is 7. The van der Waals surface area contributed by atoms with Gasteiger partial charge >= 0.3 is 0 Å². The summed E-state index contributed by atoms with van der Waals surface area (Å²) in [4.78, 5) is 25.0. The minimum absolute atomic E-state index is 0.0284. The first kappa shape index (κ1) is 16.9. The van der Waals surface area contributed by atoms with Gasteiger partial charge in [0.25, 0.3) is 0 Å². The van der Waals surface area contributed by atoms with Crippen molar-refractivity contribution in [1.82, 2.24) is 15.5 Å². The zero-order chi connectivity index (χ0) is 14.3. The fourth-order valence-corrected chi connectivity index (χ4v) is 1.09. The summed E-state index contributed by atoms with van der Waals surface area (Å²) < 4.78 is 0. The minimum Gasteiger partial charge on any atom is -0.353 e. The van der Waals surface area contributed by atoms with Crippen LogP contribution < -0.4 is 16.4 Å². The summed E-state index contributed by atoms with van der Waals surface area (Å²) in [5.41, 5.74) is 5.66. The Balaban J connectivity index is 3.87. The van der Waals surface area contributed by atoms with Crippen molar-refractivity contribution in [2.75, 3.05) is 27.2 Å². The molecule has 0 aliphatic rings. The molecule has 0 aliphatic carbocycles. The van der Waals surface area contributed by atoms with Crippen LogP contribution in [0.3, 0.4) is 0 Å². The average molecular weight is 258 g/mol. The van der Waals surface area contributed by atoms with Crippen molar-refractivity contribution in [3.63, 3.8) is 0 Å². The van der Waals surface area contributed by atoms with E-state index < -0.39 is 6.04 Å². The maximum Gasteiger partial charge on any atom is 0.239 e. The number of amides is 2. The highest BCUT2D eigenvalue weighted by atomic mass is 16.2. The first-order valence-electron chi connectivity index (χ1n) is 6.22. The highest BCUT2D eigenvalue weighted by Crippen LogP contribution is 1.97. The maximum atomic E-state index is 11.5. The molecule has 0 aromatic carbocycles. The van der Waals surface area contributed by atoms with Crippen molar-refractivity contribution in [3.8, 4) is 0 Å². The molecule has 0 rings (SSSR count). The van der Waals surface area contributed by atoms with Crippen LogP contribution in [0.4, 0.5) is 0 Å². The van der Waals surface area contributed by atoms with Gasteiger partial charge in [-0.05, 0) is 26.9 Å². The van der Waals surface area contributed by atoms with Gasteiger partial charge in [0, 0.05) is 12.6 Å². The molecular formula is C12H26N4O2. The summed E-state index contributed by atoms with van der Waals surface area (Å²) in [5, 5.41) is 5.28. The van der Waals surface area contributed by atoms with E-state index in [1.807, 2.05) is 39.8 Å². The molecule has 2 amide bonds. The highest BCUT2D eigenvalue weighted by Gasteiger charge is 2.17. The molecule has 106 valence electrons. The molecule has 1 unspecified atom stereocenters. The highest BCUT2D eigenvalue weighted by molar-refractivity contribution is 5.87. The van der Waals surface area contributed by atoms with E-state index in [0.29, 0.717) is 6.54 Å². The summed E-state index contributed by atoms with van der Waals surface area (Å²) in [5.74, 6) is -0.435. The van der Waals surface area contributed by atoms with Crippen molar-refractivity contribution in [2.24, 2.45) is 11.7 Å². The number of nitrogens with zero attached hydrogens (tertiary/aromatic N) is 1. The Hall–Kier alpha value is -1.14.